The lowest BCUT2D eigenvalue weighted by Crippen LogP contribution is -2.43. The molecule has 134 valence electrons. The van der Waals surface area contributed by atoms with E-state index < -0.39 is 5.60 Å². The largest absolute Gasteiger partial charge is 0.444 e. The van der Waals surface area contributed by atoms with Gasteiger partial charge in [0, 0.05) is 32.3 Å². The molecular formula is C18H34N2O3. The number of carbonyl (C=O) groups is 1. The Morgan fingerprint density at radius 2 is 2.04 bits per heavy atom. The number of piperidine rings is 1. The Bertz CT molecular complexity index is 360. The van der Waals surface area contributed by atoms with Crippen LogP contribution in [0.3, 0.4) is 0 Å². The number of ether oxygens (including phenoxy) is 2. The maximum Gasteiger partial charge on any atom is 0.410 e. The maximum absolute atomic E-state index is 12.2. The Kier molecular flexibility index (Phi) is 7.15. The van der Waals surface area contributed by atoms with Crippen molar-refractivity contribution in [3.8, 4) is 0 Å². The summed E-state index contributed by atoms with van der Waals surface area (Å²) in [6.07, 6.45) is 6.78. The lowest BCUT2D eigenvalue weighted by atomic mass is 9.95. The number of likely N-dealkylation sites (tertiary alicyclic amines) is 1. The normalized spacial score (nSPS) is 26.7. The Labute approximate surface area is 141 Å². The van der Waals surface area contributed by atoms with Crippen LogP contribution in [0.5, 0.6) is 0 Å². The average molecular weight is 326 g/mol. The number of hydrogen-bond acceptors (Lipinski definition) is 4. The number of hydrogen-bond donors (Lipinski definition) is 1. The van der Waals surface area contributed by atoms with Gasteiger partial charge >= 0.3 is 6.09 Å². The smallest absolute Gasteiger partial charge is 0.410 e. The number of carbonyl (C=O) groups excluding carboxylic acids is 1. The van der Waals surface area contributed by atoms with Crippen LogP contribution in [-0.4, -0.2) is 55.5 Å². The van der Waals surface area contributed by atoms with Crippen LogP contribution in [0.1, 0.15) is 59.3 Å². The van der Waals surface area contributed by atoms with E-state index in [9.17, 15) is 4.79 Å². The molecule has 0 saturated carbocycles. The fourth-order valence-electron chi connectivity index (χ4n) is 3.39. The lowest BCUT2D eigenvalue weighted by molar-refractivity contribution is 0.0161. The Morgan fingerprint density at radius 3 is 2.83 bits per heavy atom. The fourth-order valence-corrected chi connectivity index (χ4v) is 3.39. The number of rotatable bonds is 4. The van der Waals surface area contributed by atoms with Crippen molar-refractivity contribution in [2.24, 2.45) is 5.92 Å². The van der Waals surface area contributed by atoms with Gasteiger partial charge in [-0.2, -0.15) is 0 Å². The second-order valence-corrected chi connectivity index (χ2v) is 7.92. The van der Waals surface area contributed by atoms with Crippen molar-refractivity contribution in [3.05, 3.63) is 0 Å². The van der Waals surface area contributed by atoms with Gasteiger partial charge in [0.25, 0.3) is 0 Å². The first-order valence-corrected chi connectivity index (χ1v) is 9.23. The van der Waals surface area contributed by atoms with Gasteiger partial charge < -0.3 is 19.7 Å². The summed E-state index contributed by atoms with van der Waals surface area (Å²) in [6.45, 7) is 10.3. The Balaban J connectivity index is 1.68. The number of nitrogens with zero attached hydrogens (tertiary/aromatic N) is 1. The number of nitrogens with one attached hydrogen (secondary N) is 1. The van der Waals surface area contributed by atoms with Gasteiger partial charge in [-0.05, 0) is 71.8 Å². The molecule has 0 aromatic rings. The minimum atomic E-state index is -0.410. The lowest BCUT2D eigenvalue weighted by Gasteiger charge is -2.34. The van der Waals surface area contributed by atoms with E-state index in [4.69, 9.17) is 9.47 Å². The van der Waals surface area contributed by atoms with Gasteiger partial charge in [-0.3, -0.25) is 0 Å². The molecule has 2 atom stereocenters. The molecular weight excluding hydrogens is 292 g/mol. The zero-order valence-corrected chi connectivity index (χ0v) is 15.1. The quantitative estimate of drug-likeness (QED) is 0.862. The molecule has 2 saturated heterocycles. The predicted molar refractivity (Wildman–Crippen MR) is 91.6 cm³/mol. The van der Waals surface area contributed by atoms with Gasteiger partial charge in [0.2, 0.25) is 0 Å². The second kappa shape index (κ2) is 8.88. The summed E-state index contributed by atoms with van der Waals surface area (Å²) in [5, 5.41) is 3.68. The van der Waals surface area contributed by atoms with Gasteiger partial charge in [-0.15, -0.1) is 0 Å². The van der Waals surface area contributed by atoms with E-state index >= 15 is 0 Å². The van der Waals surface area contributed by atoms with E-state index in [2.05, 4.69) is 5.32 Å². The van der Waals surface area contributed by atoms with Crippen molar-refractivity contribution in [2.45, 2.75) is 70.9 Å². The monoisotopic (exact) mass is 326 g/mol. The van der Waals surface area contributed by atoms with Crippen LogP contribution in [0.15, 0.2) is 0 Å². The molecule has 5 nitrogen and oxygen atoms in total. The van der Waals surface area contributed by atoms with Crippen molar-refractivity contribution >= 4 is 6.09 Å². The van der Waals surface area contributed by atoms with Gasteiger partial charge in [0.15, 0.2) is 0 Å². The molecule has 0 aromatic carbocycles. The molecule has 0 aromatic heterocycles. The van der Waals surface area contributed by atoms with E-state index in [1.165, 1.54) is 12.8 Å². The fraction of sp³-hybridized carbons (Fsp3) is 0.944. The molecule has 0 aliphatic carbocycles. The van der Waals surface area contributed by atoms with Crippen LogP contribution in [0.25, 0.3) is 0 Å². The first-order chi connectivity index (χ1) is 10.9. The highest BCUT2D eigenvalue weighted by atomic mass is 16.6. The van der Waals surface area contributed by atoms with E-state index in [1.54, 1.807) is 0 Å². The standard InChI is InChI=1S/C18H34N2O3/c1-18(2,3)23-17(21)20-11-4-6-15(14-20)8-10-19-16-7-5-12-22-13-9-16/h15-16,19H,4-14H2,1-3H3. The highest BCUT2D eigenvalue weighted by molar-refractivity contribution is 5.68. The minimum absolute atomic E-state index is 0.156. The summed E-state index contributed by atoms with van der Waals surface area (Å²) >= 11 is 0. The van der Waals surface area contributed by atoms with Gasteiger partial charge in [0.1, 0.15) is 5.60 Å². The van der Waals surface area contributed by atoms with E-state index in [1.807, 2.05) is 25.7 Å². The first-order valence-electron chi connectivity index (χ1n) is 9.23. The average Bonchev–Trinajstić information content (AvgIpc) is 2.75. The molecule has 2 rings (SSSR count). The van der Waals surface area contributed by atoms with Crippen LogP contribution >= 0.6 is 0 Å². The Morgan fingerprint density at radius 1 is 1.22 bits per heavy atom. The maximum atomic E-state index is 12.2. The molecule has 5 heteroatoms. The highest BCUT2D eigenvalue weighted by Crippen LogP contribution is 2.21. The molecule has 2 heterocycles. The van der Waals surface area contributed by atoms with Gasteiger partial charge in [-0.1, -0.05) is 0 Å². The number of amides is 1. The van der Waals surface area contributed by atoms with Gasteiger partial charge in [-0.25, -0.2) is 4.79 Å². The van der Waals surface area contributed by atoms with Crippen LogP contribution < -0.4 is 5.32 Å². The summed E-state index contributed by atoms with van der Waals surface area (Å²) in [5.41, 5.74) is -0.410. The SMILES string of the molecule is CC(C)(C)OC(=O)N1CCCC(CCNC2CCCOCC2)C1. The van der Waals surface area contributed by atoms with Crippen molar-refractivity contribution in [1.82, 2.24) is 10.2 Å². The van der Waals surface area contributed by atoms with Crippen LogP contribution in [0.4, 0.5) is 4.79 Å². The van der Waals surface area contributed by atoms with Crippen molar-refractivity contribution in [1.29, 1.82) is 0 Å². The van der Waals surface area contributed by atoms with Crippen molar-refractivity contribution in [2.75, 3.05) is 32.8 Å². The molecule has 2 fully saturated rings. The van der Waals surface area contributed by atoms with Crippen LogP contribution in [0, 0.1) is 5.92 Å². The molecule has 2 unspecified atom stereocenters. The zero-order chi connectivity index (χ0) is 16.7. The molecule has 0 radical (unpaired) electrons. The molecule has 0 bridgehead atoms. The topological polar surface area (TPSA) is 50.8 Å². The van der Waals surface area contributed by atoms with Crippen LogP contribution in [-0.2, 0) is 9.47 Å². The Hall–Kier alpha value is -0.810. The van der Waals surface area contributed by atoms with Crippen molar-refractivity contribution < 1.29 is 14.3 Å². The third-order valence-electron chi connectivity index (χ3n) is 4.61. The molecule has 2 aliphatic heterocycles. The van der Waals surface area contributed by atoms with E-state index in [0.29, 0.717) is 12.0 Å². The predicted octanol–water partition coefficient (Wildman–Crippen LogP) is 3.18. The summed E-state index contributed by atoms with van der Waals surface area (Å²) in [7, 11) is 0. The second-order valence-electron chi connectivity index (χ2n) is 7.92. The van der Waals surface area contributed by atoms with Gasteiger partial charge in [0.05, 0.1) is 0 Å². The third-order valence-corrected chi connectivity index (χ3v) is 4.61. The minimum Gasteiger partial charge on any atom is -0.444 e. The van der Waals surface area contributed by atoms with E-state index in [0.717, 1.165) is 58.5 Å². The molecule has 1 N–H and O–H groups in total. The summed E-state index contributed by atoms with van der Waals surface area (Å²) in [5.74, 6) is 0.589. The first kappa shape index (κ1) is 18.5. The zero-order valence-electron chi connectivity index (χ0n) is 15.1. The summed E-state index contributed by atoms with van der Waals surface area (Å²) in [6, 6.07) is 0.600. The van der Waals surface area contributed by atoms with Crippen molar-refractivity contribution in [3.63, 3.8) is 0 Å². The van der Waals surface area contributed by atoms with Crippen LogP contribution in [0.2, 0.25) is 0 Å². The summed E-state index contributed by atoms with van der Waals surface area (Å²) < 4.78 is 11.0. The third kappa shape index (κ3) is 7.08. The molecule has 0 spiro atoms. The van der Waals surface area contributed by atoms with E-state index in [-0.39, 0.29) is 6.09 Å². The highest BCUT2D eigenvalue weighted by Gasteiger charge is 2.27. The molecule has 2 aliphatic rings. The summed E-state index contributed by atoms with van der Waals surface area (Å²) in [4.78, 5) is 14.1. The molecule has 1 amide bonds. The molecule has 23 heavy (non-hydrogen) atoms.